The van der Waals surface area contributed by atoms with Crippen molar-refractivity contribution in [2.24, 2.45) is 11.3 Å². The Morgan fingerprint density at radius 3 is 1.67 bits per heavy atom. The highest BCUT2D eigenvalue weighted by Gasteiger charge is 2.48. The van der Waals surface area contributed by atoms with Crippen molar-refractivity contribution < 1.29 is 9.47 Å². The first-order valence-electron chi connectivity index (χ1n) is 16.7. The van der Waals surface area contributed by atoms with Crippen LogP contribution in [0.2, 0.25) is 0 Å². The summed E-state index contributed by atoms with van der Waals surface area (Å²) in [6.07, 6.45) is 2.54. The number of hydrogen-bond donors (Lipinski definition) is 0. The van der Waals surface area contributed by atoms with Crippen LogP contribution >= 0.6 is 0 Å². The van der Waals surface area contributed by atoms with E-state index >= 15 is 0 Å². The summed E-state index contributed by atoms with van der Waals surface area (Å²) in [5.41, 5.74) is 16.1. The lowest BCUT2D eigenvalue weighted by atomic mass is 9.75. The molecule has 0 bridgehead atoms. The van der Waals surface area contributed by atoms with Gasteiger partial charge in [0.1, 0.15) is 11.5 Å². The van der Waals surface area contributed by atoms with Gasteiger partial charge < -0.3 is 9.47 Å². The minimum Gasteiger partial charge on any atom is -0.497 e. The van der Waals surface area contributed by atoms with E-state index in [2.05, 4.69) is 167 Å². The first-order valence-corrected chi connectivity index (χ1v) is 16.7. The molecule has 0 aromatic heterocycles. The van der Waals surface area contributed by atoms with Crippen LogP contribution in [0.25, 0.3) is 16.7 Å². The molecule has 1 unspecified atom stereocenters. The average molecular weight is 627 g/mol. The van der Waals surface area contributed by atoms with E-state index in [-0.39, 0.29) is 11.3 Å². The van der Waals surface area contributed by atoms with Gasteiger partial charge in [-0.05, 0) is 105 Å². The monoisotopic (exact) mass is 626 g/mol. The summed E-state index contributed by atoms with van der Waals surface area (Å²) in [4.78, 5) is 0. The Labute approximate surface area is 285 Å². The van der Waals surface area contributed by atoms with E-state index in [1.807, 2.05) is 0 Å². The summed E-state index contributed by atoms with van der Waals surface area (Å²) in [7, 11) is 3.47. The van der Waals surface area contributed by atoms with Gasteiger partial charge in [-0.3, -0.25) is 0 Å². The van der Waals surface area contributed by atoms with Crippen molar-refractivity contribution in [3.05, 3.63) is 195 Å². The van der Waals surface area contributed by atoms with Crippen molar-refractivity contribution in [1.82, 2.24) is 0 Å². The van der Waals surface area contributed by atoms with Crippen LogP contribution in [0.1, 0.15) is 61.1 Å². The van der Waals surface area contributed by atoms with Crippen molar-refractivity contribution in [2.75, 3.05) is 14.2 Å². The van der Waals surface area contributed by atoms with E-state index in [0.29, 0.717) is 0 Å². The summed E-state index contributed by atoms with van der Waals surface area (Å²) in [5.74, 6) is 1.68. The topological polar surface area (TPSA) is 18.5 Å². The molecule has 1 fully saturated rings. The molecule has 0 aliphatic heterocycles. The molecule has 0 heterocycles. The summed E-state index contributed by atoms with van der Waals surface area (Å²) in [6, 6.07) is 47.9. The number of rotatable bonds is 6. The molecular formula is C46H42O2. The molecule has 5 aromatic carbocycles. The van der Waals surface area contributed by atoms with Crippen molar-refractivity contribution >= 4 is 16.7 Å². The fraction of sp³-hybridized carbons (Fsp3) is 0.174. The first kappa shape index (κ1) is 31.3. The molecule has 2 aliphatic carbocycles. The number of allylic oxidation sites excluding steroid dienone is 5. The second-order valence-corrected chi connectivity index (χ2v) is 13.4. The van der Waals surface area contributed by atoms with Crippen LogP contribution in [0.5, 0.6) is 11.5 Å². The van der Waals surface area contributed by atoms with Crippen LogP contribution < -0.4 is 9.47 Å². The van der Waals surface area contributed by atoms with Gasteiger partial charge in [0.15, 0.2) is 0 Å². The Morgan fingerprint density at radius 2 is 1.12 bits per heavy atom. The largest absolute Gasteiger partial charge is 0.497 e. The van der Waals surface area contributed by atoms with Gasteiger partial charge in [0.2, 0.25) is 0 Å². The van der Waals surface area contributed by atoms with Crippen LogP contribution in [-0.2, 0) is 0 Å². The van der Waals surface area contributed by atoms with Crippen LogP contribution in [0, 0.1) is 11.3 Å². The predicted molar refractivity (Wildman–Crippen MR) is 200 cm³/mol. The zero-order valence-corrected chi connectivity index (χ0v) is 28.7. The van der Waals surface area contributed by atoms with Gasteiger partial charge in [-0.1, -0.05) is 135 Å². The molecule has 48 heavy (non-hydrogen) atoms. The van der Waals surface area contributed by atoms with E-state index in [9.17, 15) is 0 Å². The molecule has 0 saturated heterocycles. The molecule has 2 heteroatoms. The normalized spacial score (nSPS) is 16.5. The number of benzene rings is 5. The second-order valence-electron chi connectivity index (χ2n) is 13.4. The van der Waals surface area contributed by atoms with E-state index < -0.39 is 0 Å². The number of fused-ring (bicyclic) bond motifs is 2. The molecule has 5 aromatic rings. The molecule has 2 aliphatic rings. The van der Waals surface area contributed by atoms with Crippen molar-refractivity contribution in [1.29, 1.82) is 0 Å². The molecule has 0 amide bonds. The Hall–Kier alpha value is -5.34. The lowest BCUT2D eigenvalue weighted by Gasteiger charge is -2.28. The molecular weight excluding hydrogens is 585 g/mol. The van der Waals surface area contributed by atoms with Crippen LogP contribution in [0.15, 0.2) is 162 Å². The minimum absolute atomic E-state index is 0.00832. The molecule has 7 rings (SSSR count). The third-order valence-corrected chi connectivity index (χ3v) is 9.94. The van der Waals surface area contributed by atoms with E-state index in [0.717, 1.165) is 17.1 Å². The zero-order valence-electron chi connectivity index (χ0n) is 28.7. The number of ether oxygens (including phenoxy) is 2. The van der Waals surface area contributed by atoms with Gasteiger partial charge in [0.05, 0.1) is 14.2 Å². The lowest BCUT2D eigenvalue weighted by Crippen LogP contribution is -2.15. The average Bonchev–Trinajstić information content (AvgIpc) is 3.24. The predicted octanol–water partition coefficient (Wildman–Crippen LogP) is 11.4. The van der Waals surface area contributed by atoms with E-state index in [1.54, 1.807) is 14.2 Å². The lowest BCUT2D eigenvalue weighted by molar-refractivity contribution is 0.414. The van der Waals surface area contributed by atoms with Gasteiger partial charge in [0.25, 0.3) is 0 Å². The number of hydrogen-bond acceptors (Lipinski definition) is 2. The second kappa shape index (κ2) is 12.7. The molecule has 2 nitrogen and oxygen atoms in total. The highest BCUT2D eigenvalue weighted by atomic mass is 16.5. The highest BCUT2D eigenvalue weighted by molar-refractivity contribution is 5.99. The standard InChI is InChI=1S/C46H42O2/c1-30(2)44-43(41(32-16-10-7-11-17-32)33-18-12-8-13-19-33)40-29-38(31-22-24-35(47-5)25-23-31)37-27-26-36(48-6)28-39(37)42(45(40)46(44,3)4)34-20-14-9-15-21-34/h7-29,40H,1-6H3. The minimum atomic E-state index is -0.287. The van der Waals surface area contributed by atoms with Gasteiger partial charge >= 0.3 is 0 Å². The summed E-state index contributed by atoms with van der Waals surface area (Å²) < 4.78 is 11.5. The Bertz CT molecular complexity index is 2050. The maximum atomic E-state index is 5.90. The van der Waals surface area contributed by atoms with Gasteiger partial charge in [-0.15, -0.1) is 0 Å². The summed E-state index contributed by atoms with van der Waals surface area (Å²) in [5, 5.41) is 0. The fourth-order valence-corrected chi connectivity index (χ4v) is 8.09. The van der Waals surface area contributed by atoms with Crippen LogP contribution in [0.3, 0.4) is 0 Å². The van der Waals surface area contributed by atoms with Crippen molar-refractivity contribution in [3.8, 4) is 11.5 Å². The van der Waals surface area contributed by atoms with Crippen molar-refractivity contribution in [2.45, 2.75) is 27.7 Å². The number of methoxy groups -OCH3 is 2. The van der Waals surface area contributed by atoms with Crippen LogP contribution in [0.4, 0.5) is 0 Å². The Morgan fingerprint density at radius 1 is 0.583 bits per heavy atom. The fourth-order valence-electron chi connectivity index (χ4n) is 8.09. The Kier molecular flexibility index (Phi) is 8.27. The molecule has 0 spiro atoms. The van der Waals surface area contributed by atoms with E-state index in [4.69, 9.17) is 9.47 Å². The molecule has 0 N–H and O–H groups in total. The maximum absolute atomic E-state index is 5.90. The van der Waals surface area contributed by atoms with E-state index in [1.165, 1.54) is 66.8 Å². The summed E-state index contributed by atoms with van der Waals surface area (Å²) in [6.45, 7) is 9.41. The van der Waals surface area contributed by atoms with Crippen LogP contribution in [-0.4, -0.2) is 14.2 Å². The smallest absolute Gasteiger partial charge is 0.119 e. The molecule has 0 radical (unpaired) electrons. The third kappa shape index (κ3) is 5.32. The van der Waals surface area contributed by atoms with Crippen molar-refractivity contribution in [3.63, 3.8) is 0 Å². The maximum Gasteiger partial charge on any atom is 0.119 e. The van der Waals surface area contributed by atoms with Gasteiger partial charge in [-0.2, -0.15) is 0 Å². The quantitative estimate of drug-likeness (QED) is 0.187. The first-order chi connectivity index (χ1) is 23.3. The van der Waals surface area contributed by atoms with Gasteiger partial charge in [-0.25, -0.2) is 0 Å². The molecule has 1 atom stereocenters. The third-order valence-electron chi connectivity index (χ3n) is 9.94. The Balaban J connectivity index is 1.70. The SMILES string of the molecule is COc1ccc(C2=CC3C(=C(c4ccccc4)c4ccccc4)C(=C(C)C)C(C)(C)C3=C(c3ccccc3)c3cc(OC)ccc32)cc1. The summed E-state index contributed by atoms with van der Waals surface area (Å²) >= 11 is 0. The van der Waals surface area contributed by atoms with Gasteiger partial charge in [0, 0.05) is 11.3 Å². The molecule has 238 valence electrons. The molecule has 1 saturated carbocycles. The zero-order chi connectivity index (χ0) is 33.4. The highest BCUT2D eigenvalue weighted by Crippen LogP contribution is 2.62.